The first kappa shape index (κ1) is 19.2. The lowest BCUT2D eigenvalue weighted by atomic mass is 10.0. The Morgan fingerprint density at radius 2 is 2.00 bits per heavy atom. The number of H-pyrrole nitrogens is 1. The fraction of sp³-hybridized carbons (Fsp3) is 0.471. The maximum atomic E-state index is 12.8. The molecule has 1 saturated heterocycles. The van der Waals surface area contributed by atoms with E-state index >= 15 is 0 Å². The second kappa shape index (κ2) is 7.41. The number of benzene rings is 1. The van der Waals surface area contributed by atoms with Crippen molar-refractivity contribution < 1.29 is 4.79 Å². The van der Waals surface area contributed by atoms with Gasteiger partial charge in [-0.15, -0.1) is 12.4 Å². The first-order chi connectivity index (χ1) is 11.4. The molecule has 2 N–H and O–H groups in total. The molecule has 0 aliphatic carbocycles. The molecule has 1 aliphatic rings. The summed E-state index contributed by atoms with van der Waals surface area (Å²) in [5, 5.41) is 3.35. The molecule has 0 spiro atoms. The van der Waals surface area contributed by atoms with E-state index in [0.717, 1.165) is 6.54 Å². The monoisotopic (exact) mass is 366 g/mol. The summed E-state index contributed by atoms with van der Waals surface area (Å²) >= 11 is 0. The van der Waals surface area contributed by atoms with Crippen molar-refractivity contribution in [1.29, 1.82) is 0 Å². The number of halogens is 1. The number of hydrogen-bond acceptors (Lipinski definition) is 4. The lowest BCUT2D eigenvalue weighted by Gasteiger charge is -2.38. The molecule has 1 fully saturated rings. The Hall–Kier alpha value is -2.12. The summed E-state index contributed by atoms with van der Waals surface area (Å²) in [6, 6.07) is 5.41. The maximum Gasteiger partial charge on any atom is 0.316 e. The van der Waals surface area contributed by atoms with Gasteiger partial charge in [0, 0.05) is 37.3 Å². The van der Waals surface area contributed by atoms with Crippen LogP contribution in [0.5, 0.6) is 0 Å². The summed E-state index contributed by atoms with van der Waals surface area (Å²) in [6.45, 7) is 7.70. The highest BCUT2D eigenvalue weighted by Gasteiger charge is 2.28. The number of fused-ring (bicyclic) bond motifs is 1. The molecule has 3 rings (SSSR count). The number of amides is 1. The van der Waals surface area contributed by atoms with Gasteiger partial charge in [0.2, 0.25) is 0 Å². The molecule has 0 bridgehead atoms. The lowest BCUT2D eigenvalue weighted by molar-refractivity contribution is 0.0603. The Kier molecular flexibility index (Phi) is 5.69. The Balaban J connectivity index is 0.00000225. The van der Waals surface area contributed by atoms with Crippen LogP contribution in [-0.2, 0) is 6.54 Å². The predicted octanol–water partition coefficient (Wildman–Crippen LogP) is 0.954. The molecule has 1 aromatic carbocycles. The number of carbonyl (C=O) groups excluding carboxylic acids is 1. The first-order valence-electron chi connectivity index (χ1n) is 8.25. The van der Waals surface area contributed by atoms with Gasteiger partial charge in [0.15, 0.2) is 0 Å². The predicted molar refractivity (Wildman–Crippen MR) is 99.7 cm³/mol. The second-order valence-electron chi connectivity index (χ2n) is 6.22. The van der Waals surface area contributed by atoms with Gasteiger partial charge in [0.1, 0.15) is 0 Å². The van der Waals surface area contributed by atoms with Crippen LogP contribution < -0.4 is 16.4 Å². The number of nitrogens with one attached hydrogen (secondary N) is 2. The lowest BCUT2D eigenvalue weighted by Crippen LogP contribution is -2.57. The summed E-state index contributed by atoms with van der Waals surface area (Å²) in [6.07, 6.45) is 0. The quantitative estimate of drug-likeness (QED) is 0.775. The molecule has 2 heterocycles. The number of aromatic nitrogens is 2. The summed E-state index contributed by atoms with van der Waals surface area (Å²) in [7, 11) is 0. The number of piperazine rings is 1. The molecule has 1 amide bonds. The van der Waals surface area contributed by atoms with Crippen molar-refractivity contribution in [2.24, 2.45) is 0 Å². The van der Waals surface area contributed by atoms with E-state index in [1.165, 1.54) is 4.57 Å². The Bertz CT molecular complexity index is 905. The molecule has 1 aromatic heterocycles. The number of rotatable bonds is 2. The van der Waals surface area contributed by atoms with Crippen LogP contribution in [0.25, 0.3) is 11.0 Å². The summed E-state index contributed by atoms with van der Waals surface area (Å²) < 4.78 is 1.41. The molecule has 0 saturated carbocycles. The normalized spacial score (nSPS) is 20.4. The standard InChI is InChI=1S/C17H22N4O3.ClH/c1-4-20-14-6-5-12(9-13(14)19-15(22)17(20)24)16(23)21-8-7-18-10(2)11(21)3;/h5-6,9-11,18H,4,7-8H2,1-3H3,(H,19,22);1H. The van der Waals surface area contributed by atoms with Crippen molar-refractivity contribution in [1.82, 2.24) is 19.8 Å². The van der Waals surface area contributed by atoms with E-state index in [-0.39, 0.29) is 30.4 Å². The Morgan fingerprint density at radius 3 is 2.68 bits per heavy atom. The fourth-order valence-electron chi connectivity index (χ4n) is 3.24. The third kappa shape index (κ3) is 3.34. The largest absolute Gasteiger partial charge is 0.333 e. The van der Waals surface area contributed by atoms with E-state index in [2.05, 4.69) is 17.2 Å². The first-order valence-corrected chi connectivity index (χ1v) is 8.25. The van der Waals surface area contributed by atoms with E-state index in [4.69, 9.17) is 0 Å². The zero-order valence-electron chi connectivity index (χ0n) is 14.5. The van der Waals surface area contributed by atoms with Crippen molar-refractivity contribution in [2.45, 2.75) is 39.4 Å². The van der Waals surface area contributed by atoms with Crippen molar-refractivity contribution in [2.75, 3.05) is 13.1 Å². The number of carbonyl (C=O) groups is 1. The zero-order chi connectivity index (χ0) is 17.4. The highest BCUT2D eigenvalue weighted by molar-refractivity contribution is 5.97. The topological polar surface area (TPSA) is 87.2 Å². The van der Waals surface area contributed by atoms with Crippen LogP contribution >= 0.6 is 12.4 Å². The third-order valence-corrected chi connectivity index (χ3v) is 4.83. The Morgan fingerprint density at radius 1 is 1.28 bits per heavy atom. The van der Waals surface area contributed by atoms with Gasteiger partial charge in [-0.3, -0.25) is 14.4 Å². The SMILES string of the molecule is CCn1c(=O)c(=O)[nH]c2cc(C(=O)N3CCNC(C)C3C)ccc21.Cl. The van der Waals surface area contributed by atoms with Gasteiger partial charge >= 0.3 is 11.1 Å². The van der Waals surface area contributed by atoms with E-state index in [9.17, 15) is 14.4 Å². The molecular formula is C17H23ClN4O3. The molecule has 7 nitrogen and oxygen atoms in total. The minimum Gasteiger partial charge on any atom is -0.333 e. The van der Waals surface area contributed by atoms with E-state index in [1.54, 1.807) is 18.2 Å². The van der Waals surface area contributed by atoms with Crippen molar-refractivity contribution in [3.05, 3.63) is 44.5 Å². The van der Waals surface area contributed by atoms with Crippen LogP contribution in [0.2, 0.25) is 0 Å². The summed E-state index contributed by atoms with van der Waals surface area (Å²) in [5.41, 5.74) is 0.399. The highest BCUT2D eigenvalue weighted by atomic mass is 35.5. The van der Waals surface area contributed by atoms with E-state index in [1.807, 2.05) is 18.7 Å². The number of nitrogens with zero attached hydrogens (tertiary/aromatic N) is 2. The van der Waals surface area contributed by atoms with Crippen molar-refractivity contribution in [3.63, 3.8) is 0 Å². The van der Waals surface area contributed by atoms with Crippen LogP contribution in [0.3, 0.4) is 0 Å². The van der Waals surface area contributed by atoms with Crippen LogP contribution in [0, 0.1) is 0 Å². The smallest absolute Gasteiger partial charge is 0.316 e. The number of aryl methyl sites for hydroxylation is 1. The van der Waals surface area contributed by atoms with Gasteiger partial charge < -0.3 is 19.8 Å². The van der Waals surface area contributed by atoms with E-state index < -0.39 is 11.1 Å². The summed E-state index contributed by atoms with van der Waals surface area (Å²) in [4.78, 5) is 41.0. The Labute approximate surface area is 151 Å². The van der Waals surface area contributed by atoms with Gasteiger partial charge in [-0.1, -0.05) is 0 Å². The highest BCUT2D eigenvalue weighted by Crippen LogP contribution is 2.17. The van der Waals surface area contributed by atoms with Crippen molar-refractivity contribution >= 4 is 29.3 Å². The number of hydrogen-bond donors (Lipinski definition) is 2. The molecular weight excluding hydrogens is 344 g/mol. The van der Waals surface area contributed by atoms with Crippen molar-refractivity contribution in [3.8, 4) is 0 Å². The molecule has 25 heavy (non-hydrogen) atoms. The van der Waals surface area contributed by atoms with Gasteiger partial charge in [-0.05, 0) is 39.0 Å². The third-order valence-electron chi connectivity index (χ3n) is 4.83. The average Bonchev–Trinajstić information content (AvgIpc) is 2.57. The van der Waals surface area contributed by atoms with Gasteiger partial charge in [-0.2, -0.15) is 0 Å². The molecule has 2 atom stereocenters. The van der Waals surface area contributed by atoms with Gasteiger partial charge in [-0.25, -0.2) is 0 Å². The van der Waals surface area contributed by atoms with Crippen LogP contribution in [0.15, 0.2) is 27.8 Å². The van der Waals surface area contributed by atoms with Gasteiger partial charge in [0.25, 0.3) is 5.91 Å². The second-order valence-corrected chi connectivity index (χ2v) is 6.22. The van der Waals surface area contributed by atoms with Crippen LogP contribution in [0.4, 0.5) is 0 Å². The van der Waals surface area contributed by atoms with E-state index in [0.29, 0.717) is 29.7 Å². The maximum absolute atomic E-state index is 12.8. The molecule has 0 radical (unpaired) electrons. The summed E-state index contributed by atoms with van der Waals surface area (Å²) in [5.74, 6) is -0.0622. The molecule has 1 aliphatic heterocycles. The van der Waals surface area contributed by atoms with Gasteiger partial charge in [0.05, 0.1) is 11.0 Å². The minimum atomic E-state index is -0.668. The molecule has 2 unspecified atom stereocenters. The van der Waals surface area contributed by atoms with Crippen LogP contribution in [0.1, 0.15) is 31.1 Å². The molecule has 136 valence electrons. The zero-order valence-corrected chi connectivity index (χ0v) is 15.4. The molecule has 8 heteroatoms. The molecule has 2 aromatic rings. The fourth-order valence-corrected chi connectivity index (χ4v) is 3.24. The number of aromatic amines is 1. The minimum absolute atomic E-state index is 0. The van der Waals surface area contributed by atoms with Crippen LogP contribution in [-0.4, -0.2) is 45.5 Å². The average molecular weight is 367 g/mol.